The number of hydrogen-bond acceptors (Lipinski definition) is 7. The average Bonchev–Trinajstić information content (AvgIpc) is 2.82. The van der Waals surface area contributed by atoms with Crippen molar-refractivity contribution in [2.24, 2.45) is 17.3 Å². The van der Waals surface area contributed by atoms with Crippen LogP contribution >= 0.6 is 22.9 Å². The van der Waals surface area contributed by atoms with Gasteiger partial charge in [0, 0.05) is 5.02 Å². The Balaban J connectivity index is 0.000000368. The Morgan fingerprint density at radius 2 is 1.54 bits per heavy atom. The Labute approximate surface area is 148 Å². The molecule has 0 spiro atoms. The second-order valence-electron chi connectivity index (χ2n) is 4.47. The van der Waals surface area contributed by atoms with Gasteiger partial charge < -0.3 is 0 Å². The van der Waals surface area contributed by atoms with E-state index in [1.54, 1.807) is 23.5 Å². The first-order valence-corrected chi connectivity index (χ1v) is 8.83. The molecule has 0 unspecified atom stereocenters. The lowest BCUT2D eigenvalue weighted by atomic mass is 10.3. The Hall–Kier alpha value is -1.65. The molecule has 1 aromatic heterocycles. The molecule has 0 radical (unpaired) electrons. The summed E-state index contributed by atoms with van der Waals surface area (Å²) in [5.74, 6) is 0. The van der Waals surface area contributed by atoms with Gasteiger partial charge in [0.15, 0.2) is 0 Å². The van der Waals surface area contributed by atoms with Crippen molar-refractivity contribution < 1.29 is 33.4 Å². The van der Waals surface area contributed by atoms with Crippen LogP contribution in [0.3, 0.4) is 0 Å². The van der Waals surface area contributed by atoms with Gasteiger partial charge in [0.2, 0.25) is 0 Å². The number of fused-ring (bicyclic) bond motifs is 1. The summed E-state index contributed by atoms with van der Waals surface area (Å²) in [4.78, 5) is 0. The Morgan fingerprint density at radius 3 is 2.12 bits per heavy atom. The molecule has 2 aromatic carbocycles. The van der Waals surface area contributed by atoms with E-state index in [-0.39, 0.29) is 0 Å². The summed E-state index contributed by atoms with van der Waals surface area (Å²) < 4.78 is 37.2. The largest absolute Gasteiger partial charge is 0.409 e. The number of aryl methyl sites for hydroxylation is 1. The molecule has 0 atom stereocenters. The molecule has 7 nitrogen and oxygen atoms in total. The van der Waals surface area contributed by atoms with E-state index in [2.05, 4.69) is 22.4 Å². The number of nitrogens with zero attached hydrogens (tertiary/aromatic N) is 3. The SMILES string of the molecule is C[n+]1c(N=Nc2ccc(Cl)cc2)sc2ccccc21.[O-][Cl+3]([O-])([O-])[O-]. The van der Waals surface area contributed by atoms with Crippen LogP contribution in [-0.2, 0) is 7.05 Å². The molecule has 0 fully saturated rings. The van der Waals surface area contributed by atoms with Gasteiger partial charge in [-0.3, -0.25) is 0 Å². The molecule has 0 aliphatic heterocycles. The van der Waals surface area contributed by atoms with Crippen LogP contribution in [0, 0.1) is 10.2 Å². The number of hydrogen-bond donors (Lipinski definition) is 0. The van der Waals surface area contributed by atoms with E-state index in [4.69, 9.17) is 30.2 Å². The molecule has 0 saturated heterocycles. The van der Waals surface area contributed by atoms with E-state index in [9.17, 15) is 0 Å². The highest BCUT2D eigenvalue weighted by atomic mass is 35.7. The fourth-order valence-electron chi connectivity index (χ4n) is 1.79. The Morgan fingerprint density at radius 1 is 0.958 bits per heavy atom. The fraction of sp³-hybridized carbons (Fsp3) is 0.0714. The summed E-state index contributed by atoms with van der Waals surface area (Å²) in [5, 5.41) is 10.1. The zero-order valence-corrected chi connectivity index (χ0v) is 14.6. The van der Waals surface area contributed by atoms with E-state index >= 15 is 0 Å². The standard InChI is InChI=1S/C14H11ClN3S.ClHO4/c1-18-12-4-2-3-5-13(12)19-14(18)17-16-11-8-6-10(15)7-9-11;2-1(3,4)5/h2-9H,1H3;(H,2,3,4,5)/q+1;/p-1. The van der Waals surface area contributed by atoms with Gasteiger partial charge in [-0.15, -0.1) is 10.2 Å². The van der Waals surface area contributed by atoms with Crippen LogP contribution in [0.25, 0.3) is 10.2 Å². The molecule has 10 heteroatoms. The van der Waals surface area contributed by atoms with Crippen LogP contribution in [0.2, 0.25) is 5.02 Å². The summed E-state index contributed by atoms with van der Waals surface area (Å²) in [7, 11) is -2.95. The number of azo groups is 1. The highest BCUT2D eigenvalue weighted by Crippen LogP contribution is 2.27. The van der Waals surface area contributed by atoms with Crippen molar-refractivity contribution >= 4 is 44.0 Å². The van der Waals surface area contributed by atoms with Gasteiger partial charge in [0.25, 0.3) is 0 Å². The molecule has 3 rings (SSSR count). The summed E-state index contributed by atoms with van der Waals surface area (Å²) in [6.07, 6.45) is 0. The number of rotatable bonds is 2. The van der Waals surface area contributed by atoms with Gasteiger partial charge in [-0.1, -0.05) is 23.7 Å². The molecule has 0 N–H and O–H groups in total. The van der Waals surface area contributed by atoms with Crippen LogP contribution in [0.4, 0.5) is 10.8 Å². The zero-order valence-electron chi connectivity index (χ0n) is 12.3. The highest BCUT2D eigenvalue weighted by molar-refractivity contribution is 7.21. The number of para-hydroxylation sites is 1. The first-order chi connectivity index (χ1) is 11.2. The smallest absolute Gasteiger partial charge is 0.222 e. The number of aromatic nitrogens is 1. The Kier molecular flexibility index (Phi) is 6.19. The van der Waals surface area contributed by atoms with Crippen LogP contribution in [0.1, 0.15) is 0 Å². The second kappa shape index (κ2) is 7.95. The summed E-state index contributed by atoms with van der Waals surface area (Å²) in [6.45, 7) is 0. The van der Waals surface area contributed by atoms with Crippen molar-refractivity contribution in [3.05, 3.63) is 53.6 Å². The van der Waals surface area contributed by atoms with E-state index in [1.807, 2.05) is 35.9 Å². The average molecular weight is 388 g/mol. The molecule has 0 aliphatic rings. The summed E-state index contributed by atoms with van der Waals surface area (Å²) in [5.41, 5.74) is 1.96. The minimum Gasteiger partial charge on any atom is -0.222 e. The molecule has 24 heavy (non-hydrogen) atoms. The van der Waals surface area contributed by atoms with Crippen LogP contribution in [0.5, 0.6) is 0 Å². The van der Waals surface area contributed by atoms with Crippen molar-refractivity contribution in [1.29, 1.82) is 0 Å². The first-order valence-electron chi connectivity index (χ1n) is 6.40. The molecule has 3 aromatic rings. The molecular formula is C14H11Cl2N3O4S. The molecule has 0 amide bonds. The van der Waals surface area contributed by atoms with Gasteiger partial charge in [0.1, 0.15) is 11.2 Å². The van der Waals surface area contributed by atoms with Gasteiger partial charge in [-0.2, -0.15) is 0 Å². The third-order valence-electron chi connectivity index (χ3n) is 2.79. The van der Waals surface area contributed by atoms with E-state index in [1.165, 1.54) is 4.70 Å². The summed E-state index contributed by atoms with van der Waals surface area (Å²) >= 11 is 7.46. The van der Waals surface area contributed by atoms with Crippen molar-refractivity contribution in [1.82, 2.24) is 0 Å². The number of benzene rings is 2. The lowest BCUT2D eigenvalue weighted by molar-refractivity contribution is -2.00. The van der Waals surface area contributed by atoms with Crippen molar-refractivity contribution in [3.8, 4) is 0 Å². The fourth-order valence-corrected chi connectivity index (χ4v) is 2.88. The maximum Gasteiger partial charge on any atom is 0.409 e. The van der Waals surface area contributed by atoms with Crippen molar-refractivity contribution in [3.63, 3.8) is 0 Å². The minimum atomic E-state index is -4.94. The number of thiazole rings is 1. The van der Waals surface area contributed by atoms with Crippen molar-refractivity contribution in [2.75, 3.05) is 0 Å². The normalized spacial score (nSPS) is 11.6. The van der Waals surface area contributed by atoms with Gasteiger partial charge in [-0.05, 0) is 52.8 Å². The molecule has 0 bridgehead atoms. The topological polar surface area (TPSA) is 121 Å². The maximum atomic E-state index is 8.49. The van der Waals surface area contributed by atoms with Gasteiger partial charge in [0.05, 0.1) is 16.9 Å². The molecule has 126 valence electrons. The van der Waals surface area contributed by atoms with E-state index in [0.29, 0.717) is 5.02 Å². The predicted octanol–water partition coefficient (Wildman–Crippen LogP) is 0.0386. The maximum absolute atomic E-state index is 8.49. The lowest BCUT2D eigenvalue weighted by Crippen LogP contribution is -2.68. The van der Waals surface area contributed by atoms with Crippen molar-refractivity contribution in [2.45, 2.75) is 0 Å². The molecule has 0 saturated carbocycles. The zero-order chi connectivity index (χ0) is 17.7. The van der Waals surface area contributed by atoms with Crippen LogP contribution in [-0.4, -0.2) is 0 Å². The minimum absolute atomic E-state index is 0.700. The van der Waals surface area contributed by atoms with E-state index in [0.717, 1.165) is 16.3 Å². The molecular weight excluding hydrogens is 377 g/mol. The third-order valence-corrected chi connectivity index (χ3v) is 4.15. The molecule has 0 aliphatic carbocycles. The van der Waals surface area contributed by atoms with Crippen LogP contribution < -0.4 is 23.2 Å². The third kappa shape index (κ3) is 5.77. The highest BCUT2D eigenvalue weighted by Gasteiger charge is 2.15. The molecule has 1 heterocycles. The monoisotopic (exact) mass is 387 g/mol. The van der Waals surface area contributed by atoms with Crippen LogP contribution in [0.15, 0.2) is 58.8 Å². The second-order valence-corrected chi connectivity index (χ2v) is 6.67. The predicted molar refractivity (Wildman–Crippen MR) is 78.6 cm³/mol. The first kappa shape index (κ1) is 18.7. The summed E-state index contributed by atoms with van der Waals surface area (Å²) in [6, 6.07) is 15.5. The Bertz CT molecular complexity index is 841. The quantitative estimate of drug-likeness (QED) is 0.454. The van der Waals surface area contributed by atoms with Gasteiger partial charge >= 0.3 is 5.13 Å². The number of halogens is 2. The van der Waals surface area contributed by atoms with E-state index < -0.39 is 10.2 Å². The lowest BCUT2D eigenvalue weighted by Gasteiger charge is -2.17. The van der Waals surface area contributed by atoms with Gasteiger partial charge in [-0.25, -0.2) is 23.2 Å².